The first-order chi connectivity index (χ1) is 6.20. The molecule has 0 aliphatic rings. The molecule has 0 aliphatic carbocycles. The number of carbonyl (C=O) groups excluding carboxylic acids is 1. The minimum Gasteiger partial charge on any atom is -0.396 e. The monoisotopic (exact) mass is 206 g/mol. The van der Waals surface area contributed by atoms with Crippen LogP contribution >= 0.6 is 11.8 Å². The number of hydrazine groups is 1. The van der Waals surface area contributed by atoms with Crippen LogP contribution in [0.5, 0.6) is 0 Å². The van der Waals surface area contributed by atoms with Gasteiger partial charge in [-0.15, -0.1) is 0 Å². The van der Waals surface area contributed by atoms with E-state index in [1.165, 1.54) is 0 Å². The van der Waals surface area contributed by atoms with Gasteiger partial charge in [0.15, 0.2) is 0 Å². The molecule has 0 aromatic carbocycles. The highest BCUT2D eigenvalue weighted by molar-refractivity contribution is 7.99. The Hall–Kier alpha value is -0.260. The summed E-state index contributed by atoms with van der Waals surface area (Å²) in [4.78, 5) is 10.8. The number of carbonyl (C=O) groups is 1. The number of rotatable bonds is 7. The van der Waals surface area contributed by atoms with Crippen molar-refractivity contribution in [2.24, 2.45) is 5.84 Å². The van der Waals surface area contributed by atoms with Crippen LogP contribution in [0.15, 0.2) is 0 Å². The van der Waals surface area contributed by atoms with Crippen molar-refractivity contribution in [3.63, 3.8) is 0 Å². The summed E-state index contributed by atoms with van der Waals surface area (Å²) in [6.07, 6.45) is 2.13. The molecule has 0 saturated carbocycles. The van der Waals surface area contributed by atoms with Crippen LogP contribution in [0, 0.1) is 0 Å². The Morgan fingerprint density at radius 1 is 1.69 bits per heavy atom. The number of amides is 1. The van der Waals surface area contributed by atoms with Crippen molar-refractivity contribution in [1.82, 2.24) is 5.43 Å². The van der Waals surface area contributed by atoms with Crippen LogP contribution in [0.1, 0.15) is 26.2 Å². The summed E-state index contributed by atoms with van der Waals surface area (Å²) in [5.41, 5.74) is 2.10. The van der Waals surface area contributed by atoms with Crippen LogP contribution in [0.25, 0.3) is 0 Å². The number of aliphatic hydroxyl groups is 1. The molecule has 4 N–H and O–H groups in total. The van der Waals surface area contributed by atoms with Gasteiger partial charge in [0.1, 0.15) is 0 Å². The second-order valence-electron chi connectivity index (χ2n) is 2.86. The predicted molar refractivity (Wildman–Crippen MR) is 55.2 cm³/mol. The molecule has 0 aliphatic heterocycles. The van der Waals surface area contributed by atoms with Gasteiger partial charge in [-0.2, -0.15) is 11.8 Å². The molecule has 13 heavy (non-hydrogen) atoms. The van der Waals surface area contributed by atoms with E-state index >= 15 is 0 Å². The summed E-state index contributed by atoms with van der Waals surface area (Å²) >= 11 is 1.77. The van der Waals surface area contributed by atoms with Gasteiger partial charge in [-0.1, -0.05) is 6.92 Å². The molecular weight excluding hydrogens is 188 g/mol. The van der Waals surface area contributed by atoms with Crippen molar-refractivity contribution in [1.29, 1.82) is 0 Å². The molecule has 1 amide bonds. The average Bonchev–Trinajstić information content (AvgIpc) is 2.14. The van der Waals surface area contributed by atoms with Gasteiger partial charge in [0.2, 0.25) is 5.91 Å². The molecule has 0 aromatic rings. The molecule has 0 spiro atoms. The maximum absolute atomic E-state index is 10.8. The van der Waals surface area contributed by atoms with Crippen LogP contribution < -0.4 is 11.3 Å². The normalized spacial score (nSPS) is 12.5. The lowest BCUT2D eigenvalue weighted by molar-refractivity contribution is -0.121. The molecule has 0 rings (SSSR count). The van der Waals surface area contributed by atoms with E-state index < -0.39 is 0 Å². The Morgan fingerprint density at radius 3 is 2.92 bits per heavy atom. The third kappa shape index (κ3) is 8.08. The number of aliphatic hydroxyl groups excluding tert-OH is 1. The van der Waals surface area contributed by atoms with Crippen molar-refractivity contribution in [3.05, 3.63) is 0 Å². The molecule has 1 atom stereocenters. The number of nitrogens with one attached hydrogen (secondary N) is 1. The lowest BCUT2D eigenvalue weighted by atomic mass is 10.2. The zero-order valence-electron chi connectivity index (χ0n) is 7.95. The maximum Gasteiger partial charge on any atom is 0.233 e. The highest BCUT2D eigenvalue weighted by Gasteiger charge is 2.05. The van der Waals surface area contributed by atoms with E-state index in [1.807, 2.05) is 0 Å². The van der Waals surface area contributed by atoms with Crippen molar-refractivity contribution < 1.29 is 9.90 Å². The molecular formula is C8H18N2O2S. The largest absolute Gasteiger partial charge is 0.396 e. The lowest BCUT2D eigenvalue weighted by Crippen LogP contribution is -2.30. The van der Waals surface area contributed by atoms with E-state index in [0.29, 0.717) is 11.7 Å². The molecule has 0 saturated heterocycles. The third-order valence-electron chi connectivity index (χ3n) is 1.64. The fraction of sp³-hybridized carbons (Fsp3) is 0.875. The molecule has 0 heterocycles. The van der Waals surface area contributed by atoms with Crippen molar-refractivity contribution >= 4 is 17.7 Å². The van der Waals surface area contributed by atoms with E-state index in [-0.39, 0.29) is 12.5 Å². The molecule has 5 heteroatoms. The van der Waals surface area contributed by atoms with Crippen molar-refractivity contribution in [2.45, 2.75) is 31.4 Å². The number of hydrogen-bond acceptors (Lipinski definition) is 4. The van der Waals surface area contributed by atoms with Gasteiger partial charge < -0.3 is 5.11 Å². The maximum atomic E-state index is 10.8. The Kier molecular flexibility index (Phi) is 8.18. The van der Waals surface area contributed by atoms with Gasteiger partial charge >= 0.3 is 0 Å². The van der Waals surface area contributed by atoms with Crippen LogP contribution in [0.2, 0.25) is 0 Å². The van der Waals surface area contributed by atoms with Crippen LogP contribution in [-0.4, -0.2) is 28.6 Å². The van der Waals surface area contributed by atoms with Gasteiger partial charge in [-0.05, 0) is 18.6 Å². The Labute approximate surface area is 83.2 Å². The third-order valence-corrected chi connectivity index (χ3v) is 2.97. The van der Waals surface area contributed by atoms with E-state index in [4.69, 9.17) is 10.9 Å². The summed E-state index contributed by atoms with van der Waals surface area (Å²) in [6, 6.07) is 0. The minimum atomic E-state index is -0.116. The van der Waals surface area contributed by atoms with E-state index in [1.54, 1.807) is 11.8 Å². The fourth-order valence-corrected chi connectivity index (χ4v) is 1.82. The van der Waals surface area contributed by atoms with E-state index in [9.17, 15) is 4.79 Å². The first-order valence-electron chi connectivity index (χ1n) is 4.42. The highest BCUT2D eigenvalue weighted by atomic mass is 32.2. The topological polar surface area (TPSA) is 75.4 Å². The number of thioether (sulfide) groups is 1. The molecule has 1 unspecified atom stereocenters. The number of nitrogens with two attached hydrogens (primary N) is 1. The first-order valence-corrected chi connectivity index (χ1v) is 5.47. The smallest absolute Gasteiger partial charge is 0.233 e. The second-order valence-corrected chi connectivity index (χ2v) is 4.41. The average molecular weight is 206 g/mol. The summed E-state index contributed by atoms with van der Waals surface area (Å²) in [5, 5.41) is 8.99. The summed E-state index contributed by atoms with van der Waals surface area (Å²) in [6.45, 7) is 2.31. The predicted octanol–water partition coefficient (Wildman–Crippen LogP) is 0.261. The Balaban J connectivity index is 3.29. The van der Waals surface area contributed by atoms with Crippen molar-refractivity contribution in [3.8, 4) is 0 Å². The summed E-state index contributed by atoms with van der Waals surface area (Å²) < 4.78 is 0. The van der Waals surface area contributed by atoms with Gasteiger partial charge in [0, 0.05) is 18.3 Å². The quantitative estimate of drug-likeness (QED) is 0.242. The molecule has 0 fully saturated rings. The summed E-state index contributed by atoms with van der Waals surface area (Å²) in [5.74, 6) is 5.77. The minimum absolute atomic E-state index is 0.116. The Bertz CT molecular complexity index is 144. The highest BCUT2D eigenvalue weighted by Crippen LogP contribution is 2.16. The molecule has 0 radical (unpaired) electrons. The standard InChI is InChI=1S/C8H18N2O2S/c1-7(13-6-2-5-11)3-4-8(12)10-9/h7,11H,2-6,9H2,1H3,(H,10,12). The zero-order valence-corrected chi connectivity index (χ0v) is 8.77. The lowest BCUT2D eigenvalue weighted by Gasteiger charge is -2.09. The zero-order chi connectivity index (χ0) is 10.1. The van der Waals surface area contributed by atoms with Gasteiger partial charge in [0.05, 0.1) is 0 Å². The van der Waals surface area contributed by atoms with E-state index in [0.717, 1.165) is 18.6 Å². The second kappa shape index (κ2) is 8.34. The number of hydrogen-bond donors (Lipinski definition) is 3. The van der Waals surface area contributed by atoms with E-state index in [2.05, 4.69) is 12.3 Å². The van der Waals surface area contributed by atoms with Gasteiger partial charge in [-0.25, -0.2) is 5.84 Å². The fourth-order valence-electron chi connectivity index (χ4n) is 0.839. The van der Waals surface area contributed by atoms with Crippen LogP contribution in [0.3, 0.4) is 0 Å². The molecule has 0 aromatic heterocycles. The molecule has 78 valence electrons. The summed E-state index contributed by atoms with van der Waals surface area (Å²) in [7, 11) is 0. The molecule has 4 nitrogen and oxygen atoms in total. The molecule has 0 bridgehead atoms. The van der Waals surface area contributed by atoms with Gasteiger partial charge in [-0.3, -0.25) is 10.2 Å². The van der Waals surface area contributed by atoms with Crippen LogP contribution in [0.4, 0.5) is 0 Å². The van der Waals surface area contributed by atoms with Crippen LogP contribution in [-0.2, 0) is 4.79 Å². The Morgan fingerprint density at radius 2 is 2.38 bits per heavy atom. The van der Waals surface area contributed by atoms with Gasteiger partial charge in [0.25, 0.3) is 0 Å². The van der Waals surface area contributed by atoms with Crippen molar-refractivity contribution in [2.75, 3.05) is 12.4 Å². The SMILES string of the molecule is CC(CCC(=O)NN)SCCCO. The first kappa shape index (κ1) is 12.7.